The maximum Gasteiger partial charge on any atom is 0.307 e. The van der Waals surface area contributed by atoms with Gasteiger partial charge in [-0.1, -0.05) is 19.9 Å². The maximum absolute atomic E-state index is 14.3. The molecule has 2 aromatic carbocycles. The lowest BCUT2D eigenvalue weighted by Gasteiger charge is -2.17. The second-order valence-corrected chi connectivity index (χ2v) is 8.29. The van der Waals surface area contributed by atoms with E-state index in [0.29, 0.717) is 46.1 Å². The number of hydrogen-bond acceptors (Lipinski definition) is 5. The lowest BCUT2D eigenvalue weighted by Crippen LogP contribution is -2.08. The van der Waals surface area contributed by atoms with E-state index in [0.717, 1.165) is 17.5 Å². The molecule has 1 aromatic heterocycles. The van der Waals surface area contributed by atoms with Gasteiger partial charge in [-0.25, -0.2) is 13.8 Å². The molecule has 1 heterocycles. The third-order valence-electron chi connectivity index (χ3n) is 5.01. The molecule has 32 heavy (non-hydrogen) atoms. The van der Waals surface area contributed by atoms with Crippen molar-refractivity contribution < 1.29 is 23.4 Å². The summed E-state index contributed by atoms with van der Waals surface area (Å²) in [6.45, 7) is 4.09. The molecule has 168 valence electrons. The third kappa shape index (κ3) is 5.83. The van der Waals surface area contributed by atoms with Crippen LogP contribution < -0.4 is 9.88 Å². The van der Waals surface area contributed by atoms with Crippen LogP contribution >= 0.6 is 11.9 Å². The number of aromatic nitrogens is 1. The van der Waals surface area contributed by atoms with Gasteiger partial charge in [-0.3, -0.25) is 9.93 Å². The Bertz CT molecular complexity index is 1120. The summed E-state index contributed by atoms with van der Waals surface area (Å²) in [5.74, 6) is -1.50. The van der Waals surface area contributed by atoms with Gasteiger partial charge in [-0.2, -0.15) is 0 Å². The lowest BCUT2D eigenvalue weighted by atomic mass is 9.88. The average molecular weight is 459 g/mol. The molecule has 0 radical (unpaired) electrons. The molecule has 0 spiro atoms. The highest BCUT2D eigenvalue weighted by Crippen LogP contribution is 2.33. The van der Waals surface area contributed by atoms with Gasteiger partial charge in [0.25, 0.3) is 0 Å². The molecular formula is C24H24F2N2O3S. The minimum atomic E-state index is -0.986. The summed E-state index contributed by atoms with van der Waals surface area (Å²) in [6, 6.07) is 10.8. The predicted molar refractivity (Wildman–Crippen MR) is 121 cm³/mol. The van der Waals surface area contributed by atoms with Crippen LogP contribution in [0.4, 0.5) is 8.78 Å². The fourth-order valence-corrected chi connectivity index (χ4v) is 3.90. The minimum absolute atomic E-state index is 0.0383. The Labute approximate surface area is 189 Å². The molecule has 0 saturated heterocycles. The molecule has 0 atom stereocenters. The van der Waals surface area contributed by atoms with E-state index in [9.17, 15) is 18.7 Å². The van der Waals surface area contributed by atoms with Crippen LogP contribution in [0.1, 0.15) is 36.5 Å². The number of nitrogens with zero attached hydrogens (tertiary/aromatic N) is 1. The molecule has 3 N–H and O–H groups in total. The number of aliphatic carboxylic acids is 1. The Kier molecular flexibility index (Phi) is 7.82. The smallest absolute Gasteiger partial charge is 0.307 e. The van der Waals surface area contributed by atoms with Crippen molar-refractivity contribution in [3.8, 4) is 17.0 Å². The number of carboxylic acids is 1. The lowest BCUT2D eigenvalue weighted by molar-refractivity contribution is -0.136. The van der Waals surface area contributed by atoms with E-state index in [2.05, 4.69) is 4.98 Å². The zero-order valence-electron chi connectivity index (χ0n) is 17.8. The van der Waals surface area contributed by atoms with E-state index in [1.165, 1.54) is 24.4 Å². The summed E-state index contributed by atoms with van der Waals surface area (Å²) in [7, 11) is 0. The molecule has 0 aliphatic carbocycles. The van der Waals surface area contributed by atoms with Crippen molar-refractivity contribution in [2.45, 2.75) is 37.5 Å². The number of benzene rings is 2. The maximum atomic E-state index is 14.3. The first-order valence-electron chi connectivity index (χ1n) is 10.1. The molecule has 8 heteroatoms. The van der Waals surface area contributed by atoms with Crippen LogP contribution in [0.5, 0.6) is 5.88 Å². The summed E-state index contributed by atoms with van der Waals surface area (Å²) in [5.41, 5.74) is 3.23. The van der Waals surface area contributed by atoms with E-state index >= 15 is 0 Å². The van der Waals surface area contributed by atoms with Crippen molar-refractivity contribution in [3.05, 3.63) is 77.0 Å². The standard InChI is InChI=1S/C24H24F2N2O3S/c1-14(2)18-11-17(25)12-19(20(18)13-24(29)30)16-5-7-28-23(10-16)31-8-6-15-3-4-21(26)22(9-15)32-27/h3-5,7,9-12,14H,6,8,13,27H2,1-2H3,(H,29,30). The van der Waals surface area contributed by atoms with Crippen LogP contribution in [0.15, 0.2) is 53.6 Å². The highest BCUT2D eigenvalue weighted by atomic mass is 32.2. The van der Waals surface area contributed by atoms with Gasteiger partial charge in [0.15, 0.2) is 0 Å². The number of nitrogens with two attached hydrogens (primary N) is 1. The van der Waals surface area contributed by atoms with Gasteiger partial charge in [0.1, 0.15) is 11.6 Å². The van der Waals surface area contributed by atoms with Gasteiger partial charge in [0.2, 0.25) is 5.88 Å². The number of hydrogen-bond donors (Lipinski definition) is 2. The van der Waals surface area contributed by atoms with Crippen molar-refractivity contribution in [2.75, 3.05) is 6.61 Å². The normalized spacial score (nSPS) is 11.1. The van der Waals surface area contributed by atoms with Crippen LogP contribution in [0.2, 0.25) is 0 Å². The fraction of sp³-hybridized carbons (Fsp3) is 0.250. The monoisotopic (exact) mass is 458 g/mol. The fourth-order valence-electron chi connectivity index (χ4n) is 3.50. The van der Waals surface area contributed by atoms with E-state index in [1.807, 2.05) is 13.8 Å². The average Bonchev–Trinajstić information content (AvgIpc) is 2.75. The van der Waals surface area contributed by atoms with Crippen LogP contribution in [0.3, 0.4) is 0 Å². The molecule has 0 aliphatic heterocycles. The Morgan fingerprint density at radius 1 is 1.19 bits per heavy atom. The van der Waals surface area contributed by atoms with E-state index in [1.54, 1.807) is 24.3 Å². The molecule has 0 amide bonds. The van der Waals surface area contributed by atoms with Crippen molar-refractivity contribution in [1.29, 1.82) is 0 Å². The number of rotatable bonds is 9. The molecule has 0 saturated carbocycles. The van der Waals surface area contributed by atoms with Crippen molar-refractivity contribution in [3.63, 3.8) is 0 Å². The number of carboxylic acid groups (broad SMARTS) is 1. The van der Waals surface area contributed by atoms with Crippen LogP contribution in [-0.2, 0) is 17.6 Å². The Hall–Kier alpha value is -2.97. The van der Waals surface area contributed by atoms with E-state index in [4.69, 9.17) is 9.88 Å². The van der Waals surface area contributed by atoms with Gasteiger partial charge in [0, 0.05) is 18.7 Å². The predicted octanol–water partition coefficient (Wildman–Crippen LogP) is 5.36. The van der Waals surface area contributed by atoms with Gasteiger partial charge in [-0.05, 0) is 76.0 Å². The highest BCUT2D eigenvalue weighted by molar-refractivity contribution is 7.97. The second kappa shape index (κ2) is 10.6. The van der Waals surface area contributed by atoms with Crippen molar-refractivity contribution in [1.82, 2.24) is 4.98 Å². The van der Waals surface area contributed by atoms with Gasteiger partial charge >= 0.3 is 5.97 Å². The summed E-state index contributed by atoms with van der Waals surface area (Å²) in [4.78, 5) is 16.0. The topological polar surface area (TPSA) is 85.4 Å². The number of ether oxygens (including phenoxy) is 1. The summed E-state index contributed by atoms with van der Waals surface area (Å²) >= 11 is 0.848. The minimum Gasteiger partial charge on any atom is -0.481 e. The largest absolute Gasteiger partial charge is 0.481 e. The second-order valence-electron chi connectivity index (χ2n) is 7.61. The summed E-state index contributed by atoms with van der Waals surface area (Å²) in [6.07, 6.45) is 1.84. The SMILES string of the molecule is CC(C)c1cc(F)cc(-c2ccnc(OCCc3ccc(F)c(SN)c3)c2)c1CC(=O)O. The molecule has 0 aliphatic rings. The van der Waals surface area contributed by atoms with E-state index in [-0.39, 0.29) is 18.2 Å². The van der Waals surface area contributed by atoms with E-state index < -0.39 is 11.8 Å². The first kappa shape index (κ1) is 23.7. The molecule has 3 aromatic rings. The highest BCUT2D eigenvalue weighted by Gasteiger charge is 2.18. The quantitative estimate of drug-likeness (QED) is 0.420. The molecule has 0 fully saturated rings. The number of pyridine rings is 1. The van der Waals surface area contributed by atoms with Gasteiger partial charge < -0.3 is 9.84 Å². The van der Waals surface area contributed by atoms with Gasteiger partial charge in [-0.15, -0.1) is 0 Å². The Morgan fingerprint density at radius 3 is 2.66 bits per heavy atom. The van der Waals surface area contributed by atoms with Crippen LogP contribution in [-0.4, -0.2) is 22.7 Å². The first-order valence-corrected chi connectivity index (χ1v) is 10.9. The molecule has 0 unspecified atom stereocenters. The summed E-state index contributed by atoms with van der Waals surface area (Å²) in [5, 5.41) is 14.8. The third-order valence-corrected chi connectivity index (χ3v) is 5.58. The molecule has 0 bridgehead atoms. The van der Waals surface area contributed by atoms with Crippen molar-refractivity contribution >= 4 is 17.9 Å². The Balaban J connectivity index is 1.83. The number of carbonyl (C=O) groups is 1. The zero-order valence-corrected chi connectivity index (χ0v) is 18.6. The first-order chi connectivity index (χ1) is 15.3. The van der Waals surface area contributed by atoms with Crippen molar-refractivity contribution in [2.24, 2.45) is 5.14 Å². The zero-order chi connectivity index (χ0) is 23.3. The number of halogens is 2. The molecule has 3 rings (SSSR count). The summed E-state index contributed by atoms with van der Waals surface area (Å²) < 4.78 is 33.7. The molecular weight excluding hydrogens is 434 g/mol. The Morgan fingerprint density at radius 2 is 1.97 bits per heavy atom. The van der Waals surface area contributed by atoms with Gasteiger partial charge in [0.05, 0.1) is 17.9 Å². The van der Waals surface area contributed by atoms with Crippen LogP contribution in [0, 0.1) is 11.6 Å². The van der Waals surface area contributed by atoms with Crippen LogP contribution in [0.25, 0.3) is 11.1 Å². The molecule has 5 nitrogen and oxygen atoms in total.